The first-order valence-corrected chi connectivity index (χ1v) is 9.03. The van der Waals surface area contributed by atoms with Crippen molar-refractivity contribution in [1.29, 1.82) is 0 Å². The molecule has 148 valence electrons. The first-order valence-electron chi connectivity index (χ1n) is 9.03. The van der Waals surface area contributed by atoms with Gasteiger partial charge >= 0.3 is 17.2 Å². The van der Waals surface area contributed by atoms with Crippen molar-refractivity contribution in [1.82, 2.24) is 0 Å². The molecule has 28 heavy (non-hydrogen) atoms. The van der Waals surface area contributed by atoms with E-state index in [0.29, 0.717) is 18.6 Å². The molecule has 1 aromatic carbocycles. The SMILES string of the molecule is C#[N+]C(=C)C(Cc1ccc(OC)cc1)([N+]#C)C1CC(O)CCC1OC(=O)CO. The first kappa shape index (κ1) is 21.4. The van der Waals surface area contributed by atoms with E-state index in [1.807, 2.05) is 12.1 Å². The van der Waals surface area contributed by atoms with Crippen LogP contribution in [0.25, 0.3) is 9.69 Å². The van der Waals surface area contributed by atoms with Crippen molar-refractivity contribution in [3.63, 3.8) is 0 Å². The Balaban J connectivity index is 2.45. The number of hydrogen-bond donors (Lipinski definition) is 2. The number of nitrogens with zero attached hydrogens (tertiary/aromatic N) is 2. The second-order valence-corrected chi connectivity index (χ2v) is 6.91. The summed E-state index contributed by atoms with van der Waals surface area (Å²) in [6, 6.07) is 7.32. The van der Waals surface area contributed by atoms with Gasteiger partial charge in [0.2, 0.25) is 0 Å². The van der Waals surface area contributed by atoms with E-state index < -0.39 is 36.2 Å². The van der Waals surface area contributed by atoms with Crippen LogP contribution in [-0.2, 0) is 16.0 Å². The lowest BCUT2D eigenvalue weighted by Gasteiger charge is -2.36. The number of hydrogen-bond acceptors (Lipinski definition) is 5. The molecule has 0 spiro atoms. The van der Waals surface area contributed by atoms with Crippen molar-refractivity contribution >= 4 is 5.97 Å². The summed E-state index contributed by atoms with van der Waals surface area (Å²) in [6.45, 7) is 14.6. The Morgan fingerprint density at radius 2 is 2.00 bits per heavy atom. The summed E-state index contributed by atoms with van der Waals surface area (Å²) in [5, 5.41) is 19.3. The molecule has 1 aliphatic carbocycles. The van der Waals surface area contributed by atoms with Gasteiger partial charge in [0.15, 0.2) is 0 Å². The topological polar surface area (TPSA) is 84.7 Å². The van der Waals surface area contributed by atoms with Gasteiger partial charge in [-0.25, -0.2) is 4.79 Å². The van der Waals surface area contributed by atoms with Gasteiger partial charge in [-0.2, -0.15) is 0 Å². The average molecular weight is 386 g/mol. The molecule has 2 rings (SSSR count). The number of aliphatic hydroxyl groups excluding tert-OH is 2. The van der Waals surface area contributed by atoms with E-state index in [2.05, 4.69) is 16.3 Å². The summed E-state index contributed by atoms with van der Waals surface area (Å²) in [6.07, 6.45) is 0.181. The highest BCUT2D eigenvalue weighted by molar-refractivity contribution is 5.70. The monoisotopic (exact) mass is 386 g/mol. The van der Waals surface area contributed by atoms with E-state index in [0.717, 1.165) is 5.56 Å². The number of carbonyl (C=O) groups is 1. The van der Waals surface area contributed by atoms with Crippen LogP contribution in [0, 0.1) is 19.1 Å². The molecule has 7 heteroatoms. The highest BCUT2D eigenvalue weighted by Crippen LogP contribution is 2.44. The lowest BCUT2D eigenvalue weighted by Crippen LogP contribution is -2.50. The summed E-state index contributed by atoms with van der Waals surface area (Å²) >= 11 is 0. The van der Waals surface area contributed by atoms with Crippen LogP contribution in [0.5, 0.6) is 5.75 Å². The summed E-state index contributed by atoms with van der Waals surface area (Å²) in [7, 11) is 1.58. The zero-order valence-corrected chi connectivity index (χ0v) is 16.0. The van der Waals surface area contributed by atoms with Crippen molar-refractivity contribution in [2.45, 2.75) is 43.4 Å². The third kappa shape index (κ3) is 4.51. The number of carbonyl (C=O) groups excluding carboxylic acids is 1. The molecule has 1 saturated carbocycles. The molecule has 7 nitrogen and oxygen atoms in total. The minimum absolute atomic E-state index is 0.218. The van der Waals surface area contributed by atoms with Gasteiger partial charge in [0.1, 0.15) is 18.5 Å². The Bertz CT molecular complexity index is 792. The second-order valence-electron chi connectivity index (χ2n) is 6.91. The minimum atomic E-state index is -1.19. The lowest BCUT2D eigenvalue weighted by atomic mass is 9.68. The van der Waals surface area contributed by atoms with Crippen molar-refractivity contribution in [3.8, 4) is 18.9 Å². The molecule has 0 heterocycles. The highest BCUT2D eigenvalue weighted by atomic mass is 16.6. The number of esters is 1. The van der Waals surface area contributed by atoms with Crippen LogP contribution in [0.15, 0.2) is 36.5 Å². The lowest BCUT2D eigenvalue weighted by molar-refractivity contribution is -0.160. The maximum Gasteiger partial charge on any atom is 0.399 e. The van der Waals surface area contributed by atoms with Gasteiger partial charge in [0, 0.05) is 0 Å². The van der Waals surface area contributed by atoms with Crippen LogP contribution in [0.1, 0.15) is 24.8 Å². The molecule has 0 aliphatic heterocycles. The fourth-order valence-electron chi connectivity index (χ4n) is 3.80. The molecule has 0 amide bonds. The number of benzene rings is 1. The van der Waals surface area contributed by atoms with Crippen LogP contribution in [0.3, 0.4) is 0 Å². The van der Waals surface area contributed by atoms with Crippen molar-refractivity contribution in [2.75, 3.05) is 13.7 Å². The number of methoxy groups -OCH3 is 1. The molecule has 4 unspecified atom stereocenters. The number of aliphatic hydroxyl groups is 2. The van der Waals surface area contributed by atoms with Crippen LogP contribution in [0.4, 0.5) is 0 Å². The third-order valence-electron chi connectivity index (χ3n) is 5.30. The Labute approximate surface area is 164 Å². The highest BCUT2D eigenvalue weighted by Gasteiger charge is 2.62. The van der Waals surface area contributed by atoms with E-state index >= 15 is 0 Å². The Kier molecular flexibility index (Phi) is 7.17. The number of rotatable bonds is 7. The second kappa shape index (κ2) is 9.36. The zero-order valence-electron chi connectivity index (χ0n) is 16.0. The van der Waals surface area contributed by atoms with Crippen LogP contribution >= 0.6 is 0 Å². The summed E-state index contributed by atoms with van der Waals surface area (Å²) < 4.78 is 10.6. The summed E-state index contributed by atoms with van der Waals surface area (Å²) in [4.78, 5) is 19.5. The molecule has 1 fully saturated rings. The molecule has 0 saturated heterocycles. The Morgan fingerprint density at radius 1 is 1.32 bits per heavy atom. The zero-order chi connectivity index (χ0) is 20.7. The molecule has 1 aliphatic rings. The Hall–Kier alpha value is -2.87. The molecular weight excluding hydrogens is 360 g/mol. The predicted molar refractivity (Wildman–Crippen MR) is 105 cm³/mol. The van der Waals surface area contributed by atoms with Gasteiger partial charge in [-0.1, -0.05) is 17.0 Å². The maximum absolute atomic E-state index is 11.7. The van der Waals surface area contributed by atoms with E-state index in [4.69, 9.17) is 27.7 Å². The van der Waals surface area contributed by atoms with E-state index in [1.54, 1.807) is 19.2 Å². The van der Waals surface area contributed by atoms with Gasteiger partial charge in [0.05, 0.1) is 25.6 Å². The Morgan fingerprint density at radius 3 is 2.54 bits per heavy atom. The molecule has 4 atom stereocenters. The van der Waals surface area contributed by atoms with Crippen LogP contribution in [-0.4, -0.2) is 47.6 Å². The van der Waals surface area contributed by atoms with Crippen LogP contribution in [0.2, 0.25) is 0 Å². The molecular formula is C21H26N2O5+2. The normalized spacial score (nSPS) is 23.5. The standard InChI is InChI=1S/C21H26N2O5/c1-14(22-2)21(23-3,12-15-5-8-17(27-4)9-6-15)18-11-16(25)7-10-19(18)28-20(26)13-24/h2-3,5-6,8-9,16,18-19,24-25H,1,7,10-13H2,4H3/q+2. The molecule has 2 N–H and O–H groups in total. The largest absolute Gasteiger partial charge is 0.497 e. The summed E-state index contributed by atoms with van der Waals surface area (Å²) in [5.74, 6) is -0.570. The molecule has 0 radical (unpaired) electrons. The number of ether oxygens (including phenoxy) is 2. The van der Waals surface area contributed by atoms with E-state index in [9.17, 15) is 9.90 Å². The maximum atomic E-state index is 11.7. The quantitative estimate of drug-likeness (QED) is 0.704. The predicted octanol–water partition coefficient (Wildman–Crippen LogP) is 2.48. The first-order chi connectivity index (χ1) is 13.4. The van der Waals surface area contributed by atoms with E-state index in [-0.39, 0.29) is 18.5 Å². The van der Waals surface area contributed by atoms with Crippen molar-refractivity contribution in [3.05, 3.63) is 51.8 Å². The van der Waals surface area contributed by atoms with Crippen LogP contribution < -0.4 is 4.74 Å². The van der Waals surface area contributed by atoms with Gasteiger partial charge < -0.3 is 19.7 Å². The fourth-order valence-corrected chi connectivity index (χ4v) is 3.80. The molecule has 0 bridgehead atoms. The molecule has 0 aromatic heterocycles. The minimum Gasteiger partial charge on any atom is -0.497 e. The average Bonchev–Trinajstić information content (AvgIpc) is 2.73. The summed E-state index contributed by atoms with van der Waals surface area (Å²) in [5.41, 5.74) is -0.104. The smallest absolute Gasteiger partial charge is 0.399 e. The van der Waals surface area contributed by atoms with E-state index in [1.165, 1.54) is 0 Å². The molecule has 1 aromatic rings. The fraction of sp³-hybridized carbons (Fsp3) is 0.476. The van der Waals surface area contributed by atoms with Gasteiger partial charge in [-0.15, -0.1) is 0 Å². The van der Waals surface area contributed by atoms with Crippen molar-refractivity contribution < 1.29 is 24.5 Å². The van der Waals surface area contributed by atoms with Crippen molar-refractivity contribution in [2.24, 2.45) is 5.92 Å². The third-order valence-corrected chi connectivity index (χ3v) is 5.30. The van der Waals surface area contributed by atoms with Gasteiger partial charge in [0.25, 0.3) is 13.1 Å². The van der Waals surface area contributed by atoms with Gasteiger partial charge in [-0.3, -0.25) is 0 Å². The van der Waals surface area contributed by atoms with Gasteiger partial charge in [-0.05, 0) is 48.4 Å².